The van der Waals surface area contributed by atoms with Crippen LogP contribution in [0.4, 0.5) is 11.4 Å². The third kappa shape index (κ3) is 5.71. The monoisotopic (exact) mass is 356 g/mol. The number of rotatable bonds is 7. The molecule has 0 unspecified atom stereocenters. The molecule has 0 aromatic heterocycles. The fourth-order valence-corrected chi connectivity index (χ4v) is 1.97. The van der Waals surface area contributed by atoms with Crippen LogP contribution < -0.4 is 10.7 Å². The molecule has 0 bridgehead atoms. The standard InChI is InChI=1S/C17H16N4O5/c22-15-7-6-12(10-14(15)21(25)26)11-18-20-17(24)9-8-16(23)19-13-4-2-1-3-5-13/h1-7,10-11,22H,8-9H2,(H,19,23)(H,20,24). The van der Waals surface area contributed by atoms with Crippen LogP contribution in [0.5, 0.6) is 5.75 Å². The lowest BCUT2D eigenvalue weighted by Gasteiger charge is -2.04. The highest BCUT2D eigenvalue weighted by Crippen LogP contribution is 2.25. The van der Waals surface area contributed by atoms with Gasteiger partial charge in [-0.3, -0.25) is 19.7 Å². The van der Waals surface area contributed by atoms with Gasteiger partial charge in [-0.1, -0.05) is 18.2 Å². The highest BCUT2D eigenvalue weighted by Gasteiger charge is 2.12. The average Bonchev–Trinajstić information content (AvgIpc) is 2.62. The van der Waals surface area contributed by atoms with Gasteiger partial charge in [-0.25, -0.2) is 5.43 Å². The summed E-state index contributed by atoms with van der Waals surface area (Å²) >= 11 is 0. The number of hydrazone groups is 1. The van der Waals surface area contributed by atoms with Gasteiger partial charge in [0, 0.05) is 30.2 Å². The first-order chi connectivity index (χ1) is 12.5. The molecule has 9 nitrogen and oxygen atoms in total. The van der Waals surface area contributed by atoms with Crippen molar-refractivity contribution in [3.8, 4) is 5.75 Å². The molecule has 0 radical (unpaired) electrons. The Balaban J connectivity index is 1.79. The average molecular weight is 356 g/mol. The maximum absolute atomic E-state index is 11.7. The van der Waals surface area contributed by atoms with E-state index in [4.69, 9.17) is 0 Å². The molecule has 0 aliphatic carbocycles. The molecule has 0 aliphatic rings. The molecule has 2 aromatic carbocycles. The number of carbonyl (C=O) groups is 2. The van der Waals surface area contributed by atoms with Crippen LogP contribution in [0.3, 0.4) is 0 Å². The summed E-state index contributed by atoms with van der Waals surface area (Å²) in [7, 11) is 0. The molecule has 0 saturated heterocycles. The van der Waals surface area contributed by atoms with Crippen molar-refractivity contribution in [1.29, 1.82) is 0 Å². The number of hydrogen-bond acceptors (Lipinski definition) is 6. The van der Waals surface area contributed by atoms with Crippen molar-refractivity contribution < 1.29 is 19.6 Å². The molecule has 0 fully saturated rings. The van der Waals surface area contributed by atoms with E-state index in [2.05, 4.69) is 15.8 Å². The normalized spacial score (nSPS) is 10.5. The number of nitrogens with zero attached hydrogens (tertiary/aromatic N) is 2. The Hall–Kier alpha value is -3.75. The molecule has 9 heteroatoms. The number of nitro groups is 1. The second-order valence-electron chi connectivity index (χ2n) is 5.21. The molecule has 0 heterocycles. The number of nitro benzene ring substituents is 1. The molecular formula is C17H16N4O5. The first kappa shape index (κ1) is 18.6. The Morgan fingerprint density at radius 1 is 1.12 bits per heavy atom. The second kappa shape index (κ2) is 8.92. The second-order valence-corrected chi connectivity index (χ2v) is 5.21. The molecule has 0 aliphatic heterocycles. The third-order valence-electron chi connectivity index (χ3n) is 3.24. The van der Waals surface area contributed by atoms with Gasteiger partial charge >= 0.3 is 5.69 Å². The Kier molecular flexibility index (Phi) is 6.38. The van der Waals surface area contributed by atoms with E-state index < -0.39 is 22.3 Å². The van der Waals surface area contributed by atoms with Gasteiger partial charge in [0.05, 0.1) is 11.1 Å². The van der Waals surface area contributed by atoms with Crippen LogP contribution in [0.15, 0.2) is 53.6 Å². The van der Waals surface area contributed by atoms with Crippen molar-refractivity contribution in [2.75, 3.05) is 5.32 Å². The summed E-state index contributed by atoms with van der Waals surface area (Å²) in [6.07, 6.45) is 1.13. The molecule has 2 amide bonds. The van der Waals surface area contributed by atoms with Crippen molar-refractivity contribution in [2.45, 2.75) is 12.8 Å². The number of aromatic hydroxyl groups is 1. The number of benzene rings is 2. The van der Waals surface area contributed by atoms with E-state index in [9.17, 15) is 24.8 Å². The lowest BCUT2D eigenvalue weighted by atomic mass is 10.2. The number of hydrogen-bond donors (Lipinski definition) is 3. The molecule has 134 valence electrons. The van der Waals surface area contributed by atoms with Crippen LogP contribution in [0.25, 0.3) is 0 Å². The Morgan fingerprint density at radius 2 is 1.81 bits per heavy atom. The number of carbonyl (C=O) groups excluding carboxylic acids is 2. The number of anilines is 1. The zero-order chi connectivity index (χ0) is 18.9. The molecule has 0 atom stereocenters. The van der Waals surface area contributed by atoms with E-state index in [1.54, 1.807) is 24.3 Å². The first-order valence-corrected chi connectivity index (χ1v) is 7.60. The van der Waals surface area contributed by atoms with E-state index in [1.165, 1.54) is 12.3 Å². The van der Waals surface area contributed by atoms with Gasteiger partial charge in [0.15, 0.2) is 5.75 Å². The number of para-hydroxylation sites is 1. The van der Waals surface area contributed by atoms with Crippen molar-refractivity contribution in [3.63, 3.8) is 0 Å². The van der Waals surface area contributed by atoms with E-state index in [0.717, 1.165) is 12.1 Å². The lowest BCUT2D eigenvalue weighted by Crippen LogP contribution is -2.20. The fourth-order valence-electron chi connectivity index (χ4n) is 1.97. The minimum absolute atomic E-state index is 0.0130. The van der Waals surface area contributed by atoms with Gasteiger partial charge in [-0.05, 0) is 24.3 Å². The molecule has 0 saturated carbocycles. The molecular weight excluding hydrogens is 340 g/mol. The van der Waals surface area contributed by atoms with Crippen LogP contribution in [-0.4, -0.2) is 28.1 Å². The van der Waals surface area contributed by atoms with E-state index in [1.807, 2.05) is 6.07 Å². The van der Waals surface area contributed by atoms with E-state index >= 15 is 0 Å². The van der Waals surface area contributed by atoms with Crippen LogP contribution in [0.2, 0.25) is 0 Å². The molecule has 2 aromatic rings. The minimum Gasteiger partial charge on any atom is -0.502 e. The van der Waals surface area contributed by atoms with Gasteiger partial charge in [0.1, 0.15) is 0 Å². The Bertz CT molecular complexity index is 836. The largest absolute Gasteiger partial charge is 0.502 e. The number of nitrogens with one attached hydrogen (secondary N) is 2. The SMILES string of the molecule is O=C(CCC(=O)Nc1ccccc1)NN=Cc1ccc(O)c([N+](=O)[O-])c1. The summed E-state index contributed by atoms with van der Waals surface area (Å²) in [4.78, 5) is 33.4. The Morgan fingerprint density at radius 3 is 2.50 bits per heavy atom. The minimum atomic E-state index is -0.726. The summed E-state index contributed by atoms with van der Waals surface area (Å²) < 4.78 is 0. The highest BCUT2D eigenvalue weighted by atomic mass is 16.6. The van der Waals surface area contributed by atoms with Crippen LogP contribution in [0, 0.1) is 10.1 Å². The van der Waals surface area contributed by atoms with Crippen molar-refractivity contribution in [2.24, 2.45) is 5.10 Å². The van der Waals surface area contributed by atoms with Crippen molar-refractivity contribution in [3.05, 3.63) is 64.2 Å². The van der Waals surface area contributed by atoms with Gasteiger partial charge in [0.25, 0.3) is 0 Å². The van der Waals surface area contributed by atoms with Gasteiger partial charge in [0.2, 0.25) is 11.8 Å². The van der Waals surface area contributed by atoms with Crippen LogP contribution in [0.1, 0.15) is 18.4 Å². The fraction of sp³-hybridized carbons (Fsp3) is 0.118. The summed E-state index contributed by atoms with van der Waals surface area (Å²) in [5.74, 6) is -1.23. The smallest absolute Gasteiger partial charge is 0.311 e. The zero-order valence-electron chi connectivity index (χ0n) is 13.6. The van der Waals surface area contributed by atoms with E-state index in [-0.39, 0.29) is 18.7 Å². The number of phenols is 1. The summed E-state index contributed by atoms with van der Waals surface area (Å²) in [6.45, 7) is 0. The highest BCUT2D eigenvalue weighted by molar-refractivity contribution is 5.93. The summed E-state index contributed by atoms with van der Waals surface area (Å²) in [5, 5.41) is 26.4. The molecule has 2 rings (SSSR count). The van der Waals surface area contributed by atoms with Gasteiger partial charge in [-0.15, -0.1) is 0 Å². The molecule has 0 spiro atoms. The third-order valence-corrected chi connectivity index (χ3v) is 3.24. The van der Waals surface area contributed by atoms with Crippen molar-refractivity contribution in [1.82, 2.24) is 5.43 Å². The van der Waals surface area contributed by atoms with Crippen molar-refractivity contribution >= 4 is 29.4 Å². The van der Waals surface area contributed by atoms with E-state index in [0.29, 0.717) is 11.3 Å². The topological polar surface area (TPSA) is 134 Å². The predicted octanol–water partition coefficient (Wildman–Crippen LogP) is 2.17. The number of phenolic OH excluding ortho intramolecular Hbond substituents is 1. The van der Waals surface area contributed by atoms with Crippen LogP contribution in [-0.2, 0) is 9.59 Å². The molecule has 26 heavy (non-hydrogen) atoms. The Labute approximate surface area is 148 Å². The number of amides is 2. The molecule has 3 N–H and O–H groups in total. The quantitative estimate of drug-likeness (QED) is 0.397. The zero-order valence-corrected chi connectivity index (χ0v) is 13.6. The maximum atomic E-state index is 11.7. The first-order valence-electron chi connectivity index (χ1n) is 7.60. The lowest BCUT2D eigenvalue weighted by molar-refractivity contribution is -0.385. The van der Waals surface area contributed by atoms with Gasteiger partial charge in [-0.2, -0.15) is 5.10 Å². The predicted molar refractivity (Wildman–Crippen MR) is 94.8 cm³/mol. The summed E-state index contributed by atoms with van der Waals surface area (Å²) in [6, 6.07) is 12.6. The maximum Gasteiger partial charge on any atom is 0.311 e. The van der Waals surface area contributed by atoms with Gasteiger partial charge < -0.3 is 10.4 Å². The van der Waals surface area contributed by atoms with Crippen LogP contribution >= 0.6 is 0 Å². The summed E-state index contributed by atoms with van der Waals surface area (Å²) in [5.41, 5.74) is 2.75.